The number of nitrogens with one attached hydrogen (secondary N) is 1. The Balaban J connectivity index is 1.37. The zero-order chi connectivity index (χ0) is 43.7. The first-order chi connectivity index (χ1) is 28.1. The van der Waals surface area contributed by atoms with Crippen LogP contribution < -0.4 is 5.32 Å². The van der Waals surface area contributed by atoms with Crippen molar-refractivity contribution in [2.24, 2.45) is 28.6 Å². The number of amides is 1. The second-order valence-corrected chi connectivity index (χ2v) is 18.8. The van der Waals surface area contributed by atoms with Crippen molar-refractivity contribution in [3.05, 3.63) is 82.9 Å². The zero-order valence-electron chi connectivity index (χ0n) is 35.7. The minimum absolute atomic E-state index is 0.0188. The summed E-state index contributed by atoms with van der Waals surface area (Å²) < 4.78 is 37.0. The predicted molar refractivity (Wildman–Crippen MR) is 214 cm³/mol. The number of hydrogen-bond acceptors (Lipinski definition) is 13. The number of aliphatic hydroxyl groups is 2. The molecule has 14 nitrogen and oxygen atoms in total. The molecule has 12 atom stereocenters. The minimum Gasteiger partial charge on any atom is -0.458 e. The third-order valence-corrected chi connectivity index (χ3v) is 13.9. The molecule has 1 amide bonds. The molecule has 14 heteroatoms. The molecule has 1 aliphatic heterocycles. The summed E-state index contributed by atoms with van der Waals surface area (Å²) in [7, 11) is 0. The van der Waals surface area contributed by atoms with Crippen molar-refractivity contribution in [3.8, 4) is 0 Å². The number of fused-ring (bicyclic) bond motifs is 4. The summed E-state index contributed by atoms with van der Waals surface area (Å²) in [6.07, 6.45) is -6.23. The quantitative estimate of drug-likeness (QED) is 0.162. The Labute approximate surface area is 350 Å². The lowest BCUT2D eigenvalue weighted by Crippen LogP contribution is -2.77. The van der Waals surface area contributed by atoms with Gasteiger partial charge in [-0.05, 0) is 80.7 Å². The fraction of sp³-hybridized carbons (Fsp3) is 0.587. The van der Waals surface area contributed by atoms with Gasteiger partial charge in [0.05, 0.1) is 24.1 Å². The van der Waals surface area contributed by atoms with Crippen LogP contribution in [-0.2, 0) is 42.8 Å². The van der Waals surface area contributed by atoms with Crippen molar-refractivity contribution in [3.63, 3.8) is 0 Å². The van der Waals surface area contributed by atoms with Gasteiger partial charge in [0.1, 0.15) is 35.6 Å². The van der Waals surface area contributed by atoms with Gasteiger partial charge in [-0.1, -0.05) is 69.3 Å². The van der Waals surface area contributed by atoms with E-state index in [9.17, 15) is 34.2 Å². The molecular formula is C46H57NO13. The van der Waals surface area contributed by atoms with E-state index in [-0.39, 0.29) is 24.5 Å². The highest BCUT2D eigenvalue weighted by Crippen LogP contribution is 2.77. The molecule has 7 rings (SSSR count). The van der Waals surface area contributed by atoms with E-state index in [1.165, 1.54) is 13.8 Å². The molecule has 1 saturated heterocycles. The fourth-order valence-corrected chi connectivity index (χ4v) is 11.1. The van der Waals surface area contributed by atoms with Crippen LogP contribution in [0.4, 0.5) is 4.79 Å². The number of esters is 4. The summed E-state index contributed by atoms with van der Waals surface area (Å²) in [5.41, 5.74) is -4.83. The van der Waals surface area contributed by atoms with Crippen molar-refractivity contribution in [2.75, 3.05) is 6.61 Å². The van der Waals surface area contributed by atoms with Crippen LogP contribution in [-0.4, -0.2) is 94.1 Å². The first-order valence-electron chi connectivity index (χ1n) is 20.7. The monoisotopic (exact) mass is 831 g/mol. The first-order valence-corrected chi connectivity index (χ1v) is 20.7. The van der Waals surface area contributed by atoms with Crippen LogP contribution in [0.15, 0.2) is 71.8 Å². The van der Waals surface area contributed by atoms with Crippen LogP contribution in [0.3, 0.4) is 0 Å². The average Bonchev–Trinajstić information content (AvgIpc) is 3.90. The topological polar surface area (TPSA) is 193 Å². The number of ether oxygens (including phenoxy) is 6. The summed E-state index contributed by atoms with van der Waals surface area (Å²) >= 11 is 0. The highest BCUT2D eigenvalue weighted by atomic mass is 16.6. The van der Waals surface area contributed by atoms with Crippen LogP contribution in [0.5, 0.6) is 0 Å². The van der Waals surface area contributed by atoms with Gasteiger partial charge in [0.15, 0.2) is 11.7 Å². The second-order valence-electron chi connectivity index (χ2n) is 18.8. The van der Waals surface area contributed by atoms with E-state index < -0.39 is 106 Å². The largest absolute Gasteiger partial charge is 0.458 e. The Morgan fingerprint density at radius 3 is 2.10 bits per heavy atom. The maximum atomic E-state index is 14.3. The molecule has 3 saturated carbocycles. The normalized spacial score (nSPS) is 34.5. The standard InChI is InChI=1S/C46H57NO13/c1-24-31(57-40(52)35(50)34(28-16-12-10-13-17-28)47-41(53)60-42(5,6)7)22-46(54)38(58-39(51)29-18-14-11-15-19-29)37-44(25(2)36(56-26(3)48)33(24)43(46,8)9)21-30(44)20-32-45(37,23-55-32)59-27(4)49/h10-19,25,30-32,34-38,50,54H,20-23H2,1-9H3,(H,47,53)/t25?,30-,31+,32-,34+,35-,36+,37+,38+,44-,45+,46-/m1/s1. The van der Waals surface area contributed by atoms with Gasteiger partial charge >= 0.3 is 30.0 Å². The van der Waals surface area contributed by atoms with Crippen LogP contribution in [0, 0.1) is 28.6 Å². The number of alkyl carbamates (subject to hydrolysis) is 1. The molecule has 2 bridgehead atoms. The van der Waals surface area contributed by atoms with Gasteiger partial charge < -0.3 is 44.0 Å². The van der Waals surface area contributed by atoms with Gasteiger partial charge in [-0.2, -0.15) is 0 Å². The van der Waals surface area contributed by atoms with Crippen LogP contribution in [0.2, 0.25) is 0 Å². The molecule has 4 fully saturated rings. The highest BCUT2D eigenvalue weighted by Gasteiger charge is 2.83. The molecule has 1 unspecified atom stereocenters. The van der Waals surface area contributed by atoms with Gasteiger partial charge in [0.25, 0.3) is 0 Å². The fourth-order valence-electron chi connectivity index (χ4n) is 11.1. The van der Waals surface area contributed by atoms with Crippen molar-refractivity contribution in [1.82, 2.24) is 5.32 Å². The molecule has 0 radical (unpaired) electrons. The molecular weight excluding hydrogens is 774 g/mol. The van der Waals surface area contributed by atoms with Crippen molar-refractivity contribution < 1.29 is 62.6 Å². The lowest BCUT2D eigenvalue weighted by Gasteiger charge is -2.66. The lowest BCUT2D eigenvalue weighted by atomic mass is 9.47. The van der Waals surface area contributed by atoms with E-state index in [4.69, 9.17) is 28.4 Å². The molecule has 3 N–H and O–H groups in total. The third kappa shape index (κ3) is 7.17. The van der Waals surface area contributed by atoms with Gasteiger partial charge in [0, 0.05) is 31.6 Å². The lowest BCUT2D eigenvalue weighted by molar-refractivity contribution is -0.332. The van der Waals surface area contributed by atoms with Crippen molar-refractivity contribution in [1.29, 1.82) is 0 Å². The molecule has 324 valence electrons. The number of carbonyl (C=O) groups excluding carboxylic acids is 5. The van der Waals surface area contributed by atoms with E-state index in [0.717, 1.165) is 0 Å². The number of benzene rings is 2. The zero-order valence-corrected chi connectivity index (χ0v) is 35.7. The first kappa shape index (κ1) is 43.3. The summed E-state index contributed by atoms with van der Waals surface area (Å²) in [5.74, 6) is -4.37. The van der Waals surface area contributed by atoms with E-state index >= 15 is 0 Å². The number of carbonyl (C=O) groups is 5. The third-order valence-electron chi connectivity index (χ3n) is 13.9. The van der Waals surface area contributed by atoms with E-state index in [2.05, 4.69) is 5.32 Å². The Bertz CT molecular complexity index is 2060. The van der Waals surface area contributed by atoms with E-state index in [1.54, 1.807) is 102 Å². The molecule has 1 spiro atoms. The smallest absolute Gasteiger partial charge is 0.408 e. The molecule has 2 aromatic rings. The Kier molecular flexibility index (Phi) is 11.0. The summed E-state index contributed by atoms with van der Waals surface area (Å²) in [6, 6.07) is 15.4. The molecule has 1 heterocycles. The molecule has 0 aromatic heterocycles. The molecule has 60 heavy (non-hydrogen) atoms. The Hall–Kier alpha value is -4.79. The summed E-state index contributed by atoms with van der Waals surface area (Å²) in [5, 5.41) is 28.1. The second kappa shape index (κ2) is 15.3. The summed E-state index contributed by atoms with van der Waals surface area (Å²) in [6.45, 7) is 14.9. The van der Waals surface area contributed by atoms with Crippen LogP contribution >= 0.6 is 0 Å². The van der Waals surface area contributed by atoms with E-state index in [1.807, 2.05) is 6.92 Å². The summed E-state index contributed by atoms with van der Waals surface area (Å²) in [4.78, 5) is 67.8. The van der Waals surface area contributed by atoms with Gasteiger partial charge in [-0.25, -0.2) is 14.4 Å². The number of rotatable bonds is 9. The maximum Gasteiger partial charge on any atom is 0.408 e. The van der Waals surface area contributed by atoms with E-state index in [0.29, 0.717) is 29.6 Å². The molecule has 5 aliphatic rings. The van der Waals surface area contributed by atoms with Gasteiger partial charge in [0.2, 0.25) is 0 Å². The van der Waals surface area contributed by atoms with Crippen molar-refractivity contribution >= 4 is 30.0 Å². The van der Waals surface area contributed by atoms with Crippen LogP contribution in [0.1, 0.15) is 104 Å². The van der Waals surface area contributed by atoms with Gasteiger partial charge in [-0.3, -0.25) is 9.59 Å². The Morgan fingerprint density at radius 2 is 1.53 bits per heavy atom. The Morgan fingerprint density at radius 1 is 0.900 bits per heavy atom. The minimum atomic E-state index is -2.09. The number of aliphatic hydroxyl groups excluding tert-OH is 1. The predicted octanol–water partition coefficient (Wildman–Crippen LogP) is 5.54. The van der Waals surface area contributed by atoms with Gasteiger partial charge in [-0.15, -0.1) is 0 Å². The average molecular weight is 832 g/mol. The SMILES string of the molecule is CC(=O)O[C@@H]1C2=C(C)[C@@H](OC(=O)[C@H](O)[C@@H](NC(=O)OC(C)(C)C)c3ccccc3)C[C@@](O)([C@@H](OC(=O)c3ccccc3)[C@@H]3[C@]4(OC(C)=O)CO[C@@H]4C[C@@H]4C[C@@]43C1C)C2(C)C. The number of hydrogen-bond donors (Lipinski definition) is 3. The van der Waals surface area contributed by atoms with Crippen LogP contribution in [0.25, 0.3) is 0 Å². The molecule has 2 aromatic carbocycles. The molecule has 4 aliphatic carbocycles. The highest BCUT2D eigenvalue weighted by molar-refractivity contribution is 5.89. The van der Waals surface area contributed by atoms with Crippen molar-refractivity contribution in [2.45, 2.75) is 135 Å². The maximum absolute atomic E-state index is 14.3.